The Morgan fingerprint density at radius 3 is 2.33 bits per heavy atom. The fraction of sp³-hybridized carbons (Fsp3) is 0.111. The molecule has 3 nitrogen and oxygen atoms in total. The third-order valence-corrected chi connectivity index (χ3v) is 3.59. The molecule has 0 atom stereocenters. The number of ether oxygens (including phenoxy) is 1. The summed E-state index contributed by atoms with van der Waals surface area (Å²) in [6.07, 6.45) is 0.781. The van der Waals surface area contributed by atoms with Gasteiger partial charge in [-0.25, -0.2) is 0 Å². The van der Waals surface area contributed by atoms with Gasteiger partial charge in [0.15, 0.2) is 11.5 Å². The van der Waals surface area contributed by atoms with E-state index in [2.05, 4.69) is 12.1 Å². The van der Waals surface area contributed by atoms with Crippen molar-refractivity contribution in [1.29, 1.82) is 0 Å². The minimum absolute atomic E-state index is 0.0524. The molecule has 0 aliphatic carbocycles. The highest BCUT2D eigenvalue weighted by molar-refractivity contribution is 5.95. The standard InChI is InChI=1S/C18H16O3/c1-21-17-11-16(19)15-10-13(7-8-14(15)18(17)20)9-12-5-3-2-4-6-12/h2-8,10-11,19-20H,9H2,1H3. The molecule has 0 fully saturated rings. The van der Waals surface area contributed by atoms with Crippen molar-refractivity contribution in [2.75, 3.05) is 7.11 Å². The molecule has 0 bridgehead atoms. The summed E-state index contributed by atoms with van der Waals surface area (Å²) in [7, 11) is 1.46. The minimum atomic E-state index is 0.0524. The second-order valence-corrected chi connectivity index (χ2v) is 4.99. The Morgan fingerprint density at radius 2 is 1.62 bits per heavy atom. The molecule has 0 unspecified atom stereocenters. The van der Waals surface area contributed by atoms with E-state index in [4.69, 9.17) is 4.74 Å². The number of fused-ring (bicyclic) bond motifs is 1. The molecule has 0 radical (unpaired) electrons. The predicted octanol–water partition coefficient (Wildman–Crippen LogP) is 3.85. The van der Waals surface area contributed by atoms with Gasteiger partial charge in [0.2, 0.25) is 0 Å². The summed E-state index contributed by atoms with van der Waals surface area (Å²) in [6.45, 7) is 0. The highest BCUT2D eigenvalue weighted by atomic mass is 16.5. The van der Waals surface area contributed by atoms with E-state index in [1.807, 2.05) is 36.4 Å². The summed E-state index contributed by atoms with van der Waals surface area (Å²) in [5.41, 5.74) is 2.28. The maximum atomic E-state index is 10.1. The molecule has 106 valence electrons. The van der Waals surface area contributed by atoms with Gasteiger partial charge in [-0.2, -0.15) is 0 Å². The molecule has 3 rings (SSSR count). The number of hydrogen-bond donors (Lipinski definition) is 2. The van der Waals surface area contributed by atoms with E-state index in [-0.39, 0.29) is 17.2 Å². The first-order valence-electron chi connectivity index (χ1n) is 6.74. The number of aromatic hydroxyl groups is 2. The second kappa shape index (κ2) is 5.37. The molecule has 0 spiro atoms. The van der Waals surface area contributed by atoms with E-state index in [1.54, 1.807) is 0 Å². The lowest BCUT2D eigenvalue weighted by Gasteiger charge is -2.10. The van der Waals surface area contributed by atoms with E-state index in [1.165, 1.54) is 18.7 Å². The summed E-state index contributed by atoms with van der Waals surface area (Å²) in [5.74, 6) is 0.432. The summed E-state index contributed by atoms with van der Waals surface area (Å²) < 4.78 is 5.05. The minimum Gasteiger partial charge on any atom is -0.507 e. The molecular formula is C18H16O3. The van der Waals surface area contributed by atoms with Crippen LogP contribution in [-0.2, 0) is 6.42 Å². The summed E-state index contributed by atoms with van der Waals surface area (Å²) >= 11 is 0. The molecule has 0 heterocycles. The van der Waals surface area contributed by atoms with E-state index in [0.29, 0.717) is 10.8 Å². The zero-order chi connectivity index (χ0) is 14.8. The van der Waals surface area contributed by atoms with Gasteiger partial charge in [0.05, 0.1) is 7.11 Å². The molecule has 0 aliphatic rings. The van der Waals surface area contributed by atoms with Crippen molar-refractivity contribution in [1.82, 2.24) is 0 Å². The van der Waals surface area contributed by atoms with Gasteiger partial charge in [0.1, 0.15) is 5.75 Å². The van der Waals surface area contributed by atoms with Crippen LogP contribution in [0.25, 0.3) is 10.8 Å². The summed E-state index contributed by atoms with van der Waals surface area (Å²) in [5, 5.41) is 21.4. The number of methoxy groups -OCH3 is 1. The van der Waals surface area contributed by atoms with Crippen molar-refractivity contribution < 1.29 is 14.9 Å². The first-order valence-corrected chi connectivity index (χ1v) is 6.74. The molecule has 2 N–H and O–H groups in total. The molecule has 0 aliphatic heterocycles. The van der Waals surface area contributed by atoms with Crippen molar-refractivity contribution in [2.45, 2.75) is 6.42 Å². The van der Waals surface area contributed by atoms with Crippen LogP contribution in [0.4, 0.5) is 0 Å². The lowest BCUT2D eigenvalue weighted by Crippen LogP contribution is -1.90. The monoisotopic (exact) mass is 280 g/mol. The second-order valence-electron chi connectivity index (χ2n) is 4.99. The fourth-order valence-corrected chi connectivity index (χ4v) is 2.51. The van der Waals surface area contributed by atoms with E-state index in [0.717, 1.165) is 12.0 Å². The van der Waals surface area contributed by atoms with E-state index >= 15 is 0 Å². The van der Waals surface area contributed by atoms with Crippen LogP contribution in [-0.4, -0.2) is 17.3 Å². The van der Waals surface area contributed by atoms with E-state index < -0.39 is 0 Å². The first-order chi connectivity index (χ1) is 10.2. The third-order valence-electron chi connectivity index (χ3n) is 3.59. The van der Waals surface area contributed by atoms with Crippen molar-refractivity contribution in [3.63, 3.8) is 0 Å². The van der Waals surface area contributed by atoms with Crippen LogP contribution in [0.3, 0.4) is 0 Å². The van der Waals surface area contributed by atoms with Crippen LogP contribution < -0.4 is 4.74 Å². The topological polar surface area (TPSA) is 49.7 Å². The van der Waals surface area contributed by atoms with Crippen molar-refractivity contribution in [2.24, 2.45) is 0 Å². The average molecular weight is 280 g/mol. The Kier molecular flexibility index (Phi) is 3.40. The van der Waals surface area contributed by atoms with Crippen molar-refractivity contribution in [3.05, 3.63) is 65.7 Å². The molecule has 0 saturated heterocycles. The zero-order valence-electron chi connectivity index (χ0n) is 11.7. The Bertz CT molecular complexity index is 779. The maximum Gasteiger partial charge on any atom is 0.165 e. The lowest BCUT2D eigenvalue weighted by atomic mass is 10.00. The molecule has 0 amide bonds. The normalized spacial score (nSPS) is 10.7. The molecule has 3 aromatic carbocycles. The van der Waals surface area contributed by atoms with Crippen LogP contribution in [0.5, 0.6) is 17.2 Å². The van der Waals surface area contributed by atoms with Crippen molar-refractivity contribution >= 4 is 10.8 Å². The average Bonchev–Trinajstić information content (AvgIpc) is 2.52. The smallest absolute Gasteiger partial charge is 0.165 e. The van der Waals surface area contributed by atoms with Gasteiger partial charge in [0, 0.05) is 16.8 Å². The highest BCUT2D eigenvalue weighted by Crippen LogP contribution is 2.40. The largest absolute Gasteiger partial charge is 0.507 e. The number of rotatable bonds is 3. The molecule has 3 aromatic rings. The third kappa shape index (κ3) is 2.50. The maximum absolute atomic E-state index is 10.1. The van der Waals surface area contributed by atoms with Gasteiger partial charge in [-0.1, -0.05) is 42.5 Å². The first kappa shape index (κ1) is 13.3. The quantitative estimate of drug-likeness (QED) is 0.716. The fourth-order valence-electron chi connectivity index (χ4n) is 2.51. The lowest BCUT2D eigenvalue weighted by molar-refractivity contribution is 0.372. The van der Waals surface area contributed by atoms with E-state index in [9.17, 15) is 10.2 Å². The van der Waals surface area contributed by atoms with Gasteiger partial charge in [-0.05, 0) is 23.6 Å². The summed E-state index contributed by atoms with van der Waals surface area (Å²) in [6, 6.07) is 17.2. The number of phenols is 2. The molecular weight excluding hydrogens is 264 g/mol. The van der Waals surface area contributed by atoms with Gasteiger partial charge >= 0.3 is 0 Å². The Balaban J connectivity index is 2.06. The van der Waals surface area contributed by atoms with Gasteiger partial charge in [-0.3, -0.25) is 0 Å². The van der Waals surface area contributed by atoms with Gasteiger partial charge < -0.3 is 14.9 Å². The Hall–Kier alpha value is -2.68. The summed E-state index contributed by atoms with van der Waals surface area (Å²) in [4.78, 5) is 0. The molecule has 3 heteroatoms. The SMILES string of the molecule is COc1cc(O)c2cc(Cc3ccccc3)ccc2c1O. The van der Waals surface area contributed by atoms with Crippen LogP contribution in [0.15, 0.2) is 54.6 Å². The number of hydrogen-bond acceptors (Lipinski definition) is 3. The zero-order valence-corrected chi connectivity index (χ0v) is 11.7. The highest BCUT2D eigenvalue weighted by Gasteiger charge is 2.12. The Labute approximate surface area is 123 Å². The van der Waals surface area contributed by atoms with Gasteiger partial charge in [-0.15, -0.1) is 0 Å². The number of benzene rings is 3. The molecule has 0 saturated carbocycles. The van der Waals surface area contributed by atoms with Crippen LogP contribution in [0, 0.1) is 0 Å². The van der Waals surface area contributed by atoms with Crippen LogP contribution in [0.2, 0.25) is 0 Å². The Morgan fingerprint density at radius 1 is 0.857 bits per heavy atom. The predicted molar refractivity (Wildman–Crippen MR) is 83.1 cm³/mol. The molecule has 21 heavy (non-hydrogen) atoms. The van der Waals surface area contributed by atoms with Gasteiger partial charge in [0.25, 0.3) is 0 Å². The number of phenolic OH excluding ortho intramolecular Hbond substituents is 2. The molecule has 0 aromatic heterocycles. The van der Waals surface area contributed by atoms with Crippen molar-refractivity contribution in [3.8, 4) is 17.2 Å². The van der Waals surface area contributed by atoms with Crippen LogP contribution in [0.1, 0.15) is 11.1 Å². The van der Waals surface area contributed by atoms with Crippen LogP contribution >= 0.6 is 0 Å².